The first kappa shape index (κ1) is 15.9. The number of hydrogen-bond donors (Lipinski definition) is 0. The number of hydrogen-bond acceptors (Lipinski definition) is 5. The van der Waals surface area contributed by atoms with Crippen molar-refractivity contribution in [3.63, 3.8) is 0 Å². The number of aliphatic imine (C=N–C) groups is 1. The molecule has 1 aliphatic rings. The highest BCUT2D eigenvalue weighted by atomic mass is 32.2. The molecule has 0 radical (unpaired) electrons. The van der Waals surface area contributed by atoms with Gasteiger partial charge in [-0.05, 0) is 47.4 Å². The maximum absolute atomic E-state index is 11.9. The Labute approximate surface area is 143 Å². The largest absolute Gasteiger partial charge is 0.489 e. The minimum absolute atomic E-state index is 0.00930. The van der Waals surface area contributed by atoms with E-state index >= 15 is 0 Å². The molecule has 0 aliphatic carbocycles. The third kappa shape index (κ3) is 4.27. The van der Waals surface area contributed by atoms with Gasteiger partial charge in [0, 0.05) is 0 Å². The highest BCUT2D eigenvalue weighted by molar-refractivity contribution is 8.45. The van der Waals surface area contributed by atoms with Crippen LogP contribution < -0.4 is 4.74 Å². The Kier molecular flexibility index (Phi) is 5.20. The molecule has 2 aromatic carbocycles. The van der Waals surface area contributed by atoms with Crippen molar-refractivity contribution in [1.82, 2.24) is 0 Å². The smallest absolute Gasteiger partial charge is 0.244 e. The molecule has 3 rings (SSSR count). The summed E-state index contributed by atoms with van der Waals surface area (Å²) in [6.07, 6.45) is 3.72. The molecular formula is C18H15NO2S2. The molecule has 5 heteroatoms. The van der Waals surface area contributed by atoms with Gasteiger partial charge in [-0.15, -0.1) is 11.8 Å². The van der Waals surface area contributed by atoms with Crippen molar-refractivity contribution in [1.29, 1.82) is 0 Å². The second-order valence-corrected chi connectivity index (χ2v) is 6.86. The van der Waals surface area contributed by atoms with Crippen LogP contribution in [-0.2, 0) is 11.4 Å². The minimum atomic E-state index is -0.00930. The van der Waals surface area contributed by atoms with Gasteiger partial charge < -0.3 is 4.74 Å². The summed E-state index contributed by atoms with van der Waals surface area (Å²) in [5.74, 6) is 0.773. The van der Waals surface area contributed by atoms with Crippen molar-refractivity contribution >= 4 is 39.1 Å². The van der Waals surface area contributed by atoms with E-state index in [0.29, 0.717) is 12.3 Å². The van der Waals surface area contributed by atoms with Crippen LogP contribution in [0.5, 0.6) is 5.75 Å². The lowest BCUT2D eigenvalue weighted by molar-refractivity contribution is -0.107. The Morgan fingerprint density at radius 1 is 1.17 bits per heavy atom. The first-order valence-electron chi connectivity index (χ1n) is 7.08. The molecule has 3 nitrogen and oxygen atoms in total. The van der Waals surface area contributed by atoms with Crippen LogP contribution in [0.15, 0.2) is 65.3 Å². The van der Waals surface area contributed by atoms with Crippen LogP contribution in [0, 0.1) is 0 Å². The van der Waals surface area contributed by atoms with Gasteiger partial charge in [0.05, 0.1) is 0 Å². The van der Waals surface area contributed by atoms with Gasteiger partial charge in [0.1, 0.15) is 22.4 Å². The lowest BCUT2D eigenvalue weighted by atomic mass is 10.2. The summed E-state index contributed by atoms with van der Waals surface area (Å²) in [6.45, 7) is 0.518. The van der Waals surface area contributed by atoms with E-state index < -0.39 is 0 Å². The number of nitrogens with zero attached hydrogens (tertiary/aromatic N) is 1. The highest BCUT2D eigenvalue weighted by Gasteiger charge is 2.21. The number of carbonyl (C=O) groups is 1. The van der Waals surface area contributed by atoms with Gasteiger partial charge >= 0.3 is 0 Å². The summed E-state index contributed by atoms with van der Waals surface area (Å²) >= 11 is 2.67. The lowest BCUT2D eigenvalue weighted by Gasteiger charge is -2.07. The van der Waals surface area contributed by atoms with Crippen molar-refractivity contribution in [2.75, 3.05) is 6.26 Å². The topological polar surface area (TPSA) is 38.7 Å². The quantitative estimate of drug-likeness (QED) is 0.762. The van der Waals surface area contributed by atoms with Gasteiger partial charge in [-0.25, -0.2) is 4.99 Å². The van der Waals surface area contributed by atoms with E-state index in [1.165, 1.54) is 23.5 Å². The van der Waals surface area contributed by atoms with E-state index in [0.717, 1.165) is 21.3 Å². The number of carbonyl (C=O) groups excluding carboxylic acids is 1. The molecule has 1 aliphatic heterocycles. The minimum Gasteiger partial charge on any atom is -0.489 e. The van der Waals surface area contributed by atoms with Gasteiger partial charge in [0.2, 0.25) is 5.12 Å². The third-order valence-electron chi connectivity index (χ3n) is 3.19. The van der Waals surface area contributed by atoms with Crippen LogP contribution in [0.2, 0.25) is 0 Å². The molecule has 116 valence electrons. The predicted molar refractivity (Wildman–Crippen MR) is 98.7 cm³/mol. The Morgan fingerprint density at radius 2 is 2.00 bits per heavy atom. The molecule has 0 atom stereocenters. The van der Waals surface area contributed by atoms with Gasteiger partial charge in [0.15, 0.2) is 0 Å². The molecule has 1 heterocycles. The maximum Gasteiger partial charge on any atom is 0.244 e. The normalized spacial score (nSPS) is 15.8. The Morgan fingerprint density at radius 3 is 2.74 bits per heavy atom. The number of benzene rings is 2. The van der Waals surface area contributed by atoms with Crippen molar-refractivity contribution < 1.29 is 9.53 Å². The Hall–Kier alpha value is -1.98. The van der Waals surface area contributed by atoms with Gasteiger partial charge in [-0.2, -0.15) is 0 Å². The van der Waals surface area contributed by atoms with Crippen molar-refractivity contribution in [3.05, 3.63) is 71.4 Å². The average Bonchev–Trinajstić information content (AvgIpc) is 2.94. The third-order valence-corrected chi connectivity index (χ3v) is 5.04. The summed E-state index contributed by atoms with van der Waals surface area (Å²) in [4.78, 5) is 16.2. The fourth-order valence-corrected chi connectivity index (χ4v) is 3.33. The van der Waals surface area contributed by atoms with Gasteiger partial charge in [-0.3, -0.25) is 4.79 Å². The zero-order chi connectivity index (χ0) is 16.1. The first-order chi connectivity index (χ1) is 11.2. The molecule has 0 spiro atoms. The zero-order valence-corrected chi connectivity index (χ0v) is 14.2. The van der Waals surface area contributed by atoms with E-state index in [1.807, 2.05) is 60.9 Å². The second-order valence-electron chi connectivity index (χ2n) is 4.85. The lowest BCUT2D eigenvalue weighted by Crippen LogP contribution is -1.95. The van der Waals surface area contributed by atoms with E-state index in [4.69, 9.17) is 4.74 Å². The fraction of sp³-hybridized carbons (Fsp3) is 0.111. The van der Waals surface area contributed by atoms with E-state index in [9.17, 15) is 4.79 Å². The van der Waals surface area contributed by atoms with Crippen molar-refractivity contribution in [2.24, 2.45) is 4.99 Å². The monoisotopic (exact) mass is 341 g/mol. The highest BCUT2D eigenvalue weighted by Crippen LogP contribution is 2.30. The van der Waals surface area contributed by atoms with Gasteiger partial charge in [-0.1, -0.05) is 42.5 Å². The van der Waals surface area contributed by atoms with Gasteiger partial charge in [0.25, 0.3) is 0 Å². The summed E-state index contributed by atoms with van der Waals surface area (Å²) in [7, 11) is 0. The molecule has 23 heavy (non-hydrogen) atoms. The molecule has 0 saturated carbocycles. The first-order valence-corrected chi connectivity index (χ1v) is 9.12. The molecule has 0 saturated heterocycles. The SMILES string of the molecule is CSC1=NC(=Cc2cccc(OCc3ccccc3)c2)C(=O)S1. The van der Waals surface area contributed by atoms with E-state index in [-0.39, 0.29) is 5.12 Å². The number of rotatable bonds is 4. The summed E-state index contributed by atoms with van der Waals surface area (Å²) in [5.41, 5.74) is 2.51. The summed E-state index contributed by atoms with van der Waals surface area (Å²) < 4.78 is 6.60. The molecule has 0 unspecified atom stereocenters. The zero-order valence-electron chi connectivity index (χ0n) is 12.6. The van der Waals surface area contributed by atoms with Crippen LogP contribution >= 0.6 is 23.5 Å². The Balaban J connectivity index is 1.73. The Bertz CT molecular complexity index is 770. The van der Waals surface area contributed by atoms with Crippen LogP contribution in [0.3, 0.4) is 0 Å². The molecule has 0 N–H and O–H groups in total. The van der Waals surface area contributed by atoms with Crippen LogP contribution in [-0.4, -0.2) is 15.7 Å². The van der Waals surface area contributed by atoms with E-state index in [1.54, 1.807) is 6.08 Å². The molecular weight excluding hydrogens is 326 g/mol. The van der Waals surface area contributed by atoms with Crippen LogP contribution in [0.1, 0.15) is 11.1 Å². The predicted octanol–water partition coefficient (Wildman–Crippen LogP) is 4.60. The molecule has 0 fully saturated rings. The van der Waals surface area contributed by atoms with Crippen molar-refractivity contribution in [3.8, 4) is 5.75 Å². The fourth-order valence-electron chi connectivity index (χ4n) is 2.07. The number of thioether (sulfide) groups is 2. The molecule has 2 aromatic rings. The summed E-state index contributed by atoms with van der Waals surface area (Å²) in [5, 5.41) is -0.00930. The van der Waals surface area contributed by atoms with Crippen molar-refractivity contribution in [2.45, 2.75) is 6.61 Å². The average molecular weight is 341 g/mol. The number of ether oxygens (including phenoxy) is 1. The molecule has 0 aromatic heterocycles. The molecule has 0 bridgehead atoms. The standard InChI is InChI=1S/C18H15NO2S2/c1-22-18-19-16(17(20)23-18)11-14-8-5-9-15(10-14)21-12-13-6-3-2-4-7-13/h2-11H,12H2,1H3. The molecule has 0 amide bonds. The van der Waals surface area contributed by atoms with E-state index in [2.05, 4.69) is 4.99 Å². The second kappa shape index (κ2) is 7.53. The summed E-state index contributed by atoms with van der Waals surface area (Å²) in [6, 6.07) is 17.7. The maximum atomic E-state index is 11.9. The van der Waals surface area contributed by atoms with Crippen LogP contribution in [0.25, 0.3) is 6.08 Å². The van der Waals surface area contributed by atoms with Crippen LogP contribution in [0.4, 0.5) is 0 Å².